The van der Waals surface area contributed by atoms with Crippen molar-refractivity contribution in [1.82, 2.24) is 9.55 Å². The fourth-order valence-corrected chi connectivity index (χ4v) is 1.34. The first kappa shape index (κ1) is 8.74. The zero-order valence-electron chi connectivity index (χ0n) is 7.61. The Morgan fingerprint density at radius 2 is 2.21 bits per heavy atom. The SMILES string of the molecule is Cn1ccnc1-c1c(O)cccc1F. The van der Waals surface area contributed by atoms with Crippen LogP contribution in [0.1, 0.15) is 0 Å². The largest absolute Gasteiger partial charge is 0.507 e. The van der Waals surface area contributed by atoms with Crippen molar-refractivity contribution in [2.24, 2.45) is 7.05 Å². The fraction of sp³-hybridized carbons (Fsp3) is 0.100. The summed E-state index contributed by atoms with van der Waals surface area (Å²) in [6, 6.07) is 4.19. The second-order valence-corrected chi connectivity index (χ2v) is 3.00. The molecule has 0 bridgehead atoms. The van der Waals surface area contributed by atoms with Gasteiger partial charge >= 0.3 is 0 Å². The number of hydrogen-bond donors (Lipinski definition) is 1. The Morgan fingerprint density at radius 3 is 2.79 bits per heavy atom. The number of aromatic hydroxyl groups is 1. The van der Waals surface area contributed by atoms with Crippen molar-refractivity contribution >= 4 is 0 Å². The van der Waals surface area contributed by atoms with Crippen LogP contribution < -0.4 is 0 Å². The highest BCUT2D eigenvalue weighted by atomic mass is 19.1. The summed E-state index contributed by atoms with van der Waals surface area (Å²) in [5.74, 6) is -0.154. The molecule has 0 unspecified atom stereocenters. The molecule has 0 spiro atoms. The molecule has 4 heteroatoms. The number of rotatable bonds is 1. The van der Waals surface area contributed by atoms with Gasteiger partial charge in [0.15, 0.2) is 0 Å². The third-order valence-corrected chi connectivity index (χ3v) is 2.04. The van der Waals surface area contributed by atoms with E-state index in [0.29, 0.717) is 5.82 Å². The maximum atomic E-state index is 13.4. The standard InChI is InChI=1S/C10H9FN2O/c1-13-6-5-12-10(13)9-7(11)3-2-4-8(9)14/h2-6,14H,1H3. The van der Waals surface area contributed by atoms with Crippen molar-refractivity contribution in [1.29, 1.82) is 0 Å². The molecule has 0 atom stereocenters. The molecule has 1 heterocycles. The Balaban J connectivity index is 2.68. The summed E-state index contributed by atoms with van der Waals surface area (Å²) in [4.78, 5) is 3.97. The van der Waals surface area contributed by atoms with Crippen LogP contribution in [0.25, 0.3) is 11.4 Å². The molecular formula is C10H9FN2O. The molecule has 0 saturated carbocycles. The summed E-state index contributed by atoms with van der Waals surface area (Å²) in [6.45, 7) is 0. The zero-order valence-corrected chi connectivity index (χ0v) is 7.61. The molecule has 1 aromatic carbocycles. The third-order valence-electron chi connectivity index (χ3n) is 2.04. The summed E-state index contributed by atoms with van der Waals surface area (Å²) >= 11 is 0. The highest BCUT2D eigenvalue weighted by molar-refractivity contribution is 5.64. The Bertz CT molecular complexity index is 445. The molecule has 0 saturated heterocycles. The number of nitrogens with zero attached hydrogens (tertiary/aromatic N) is 2. The molecule has 2 rings (SSSR count). The Morgan fingerprint density at radius 1 is 1.43 bits per heavy atom. The number of benzene rings is 1. The van der Waals surface area contributed by atoms with E-state index < -0.39 is 5.82 Å². The van der Waals surface area contributed by atoms with E-state index in [2.05, 4.69) is 4.98 Å². The van der Waals surface area contributed by atoms with Crippen molar-refractivity contribution in [2.75, 3.05) is 0 Å². The summed E-state index contributed by atoms with van der Waals surface area (Å²) in [5, 5.41) is 9.49. The van der Waals surface area contributed by atoms with Crippen LogP contribution in [0.4, 0.5) is 4.39 Å². The predicted octanol–water partition coefficient (Wildman–Crippen LogP) is 1.93. The van der Waals surface area contributed by atoms with Gasteiger partial charge in [0.05, 0.1) is 5.56 Å². The van der Waals surface area contributed by atoms with E-state index in [9.17, 15) is 9.50 Å². The quantitative estimate of drug-likeness (QED) is 0.749. The van der Waals surface area contributed by atoms with E-state index in [0.717, 1.165) is 0 Å². The lowest BCUT2D eigenvalue weighted by Gasteiger charge is -2.05. The maximum Gasteiger partial charge on any atom is 0.146 e. The van der Waals surface area contributed by atoms with Gasteiger partial charge in [-0.15, -0.1) is 0 Å². The van der Waals surface area contributed by atoms with Crippen LogP contribution in [-0.4, -0.2) is 14.7 Å². The first-order valence-electron chi connectivity index (χ1n) is 4.15. The van der Waals surface area contributed by atoms with Crippen molar-refractivity contribution < 1.29 is 9.50 Å². The molecule has 0 aliphatic rings. The topological polar surface area (TPSA) is 38.0 Å². The van der Waals surface area contributed by atoms with E-state index in [4.69, 9.17) is 0 Å². The lowest BCUT2D eigenvalue weighted by Crippen LogP contribution is -1.94. The van der Waals surface area contributed by atoms with Gasteiger partial charge in [0, 0.05) is 19.4 Å². The van der Waals surface area contributed by atoms with E-state index in [-0.39, 0.29) is 11.3 Å². The van der Waals surface area contributed by atoms with Crippen LogP contribution in [0.3, 0.4) is 0 Å². The van der Waals surface area contributed by atoms with Gasteiger partial charge in [0.2, 0.25) is 0 Å². The molecule has 1 aromatic heterocycles. The van der Waals surface area contributed by atoms with Gasteiger partial charge in [-0.3, -0.25) is 0 Å². The average molecular weight is 192 g/mol. The van der Waals surface area contributed by atoms with Crippen LogP contribution in [0.5, 0.6) is 5.75 Å². The van der Waals surface area contributed by atoms with Gasteiger partial charge in [-0.05, 0) is 12.1 Å². The van der Waals surface area contributed by atoms with E-state index >= 15 is 0 Å². The lowest BCUT2D eigenvalue weighted by atomic mass is 10.2. The number of aryl methyl sites for hydroxylation is 1. The zero-order chi connectivity index (χ0) is 10.1. The van der Waals surface area contributed by atoms with Crippen LogP contribution in [0, 0.1) is 5.82 Å². The Kier molecular flexibility index (Phi) is 1.96. The predicted molar refractivity (Wildman–Crippen MR) is 50.3 cm³/mol. The van der Waals surface area contributed by atoms with Crippen molar-refractivity contribution in [3.8, 4) is 17.1 Å². The lowest BCUT2D eigenvalue weighted by molar-refractivity contribution is 0.471. The molecule has 3 nitrogen and oxygen atoms in total. The first-order valence-corrected chi connectivity index (χ1v) is 4.15. The van der Waals surface area contributed by atoms with Gasteiger partial charge in [-0.25, -0.2) is 9.37 Å². The smallest absolute Gasteiger partial charge is 0.146 e. The van der Waals surface area contributed by atoms with Gasteiger partial charge in [-0.2, -0.15) is 0 Å². The van der Waals surface area contributed by atoms with E-state index in [1.807, 2.05) is 0 Å². The van der Waals surface area contributed by atoms with Crippen LogP contribution in [0.15, 0.2) is 30.6 Å². The second kappa shape index (κ2) is 3.14. The van der Waals surface area contributed by atoms with Gasteiger partial charge in [0.25, 0.3) is 0 Å². The second-order valence-electron chi connectivity index (χ2n) is 3.00. The molecule has 0 aliphatic heterocycles. The molecule has 14 heavy (non-hydrogen) atoms. The molecule has 0 fully saturated rings. The van der Waals surface area contributed by atoms with E-state index in [1.165, 1.54) is 18.2 Å². The van der Waals surface area contributed by atoms with E-state index in [1.54, 1.807) is 24.0 Å². The van der Waals surface area contributed by atoms with Gasteiger partial charge in [-0.1, -0.05) is 6.07 Å². The third kappa shape index (κ3) is 1.25. The number of aromatic nitrogens is 2. The summed E-state index contributed by atoms with van der Waals surface area (Å²) < 4.78 is 15.0. The van der Waals surface area contributed by atoms with Crippen LogP contribution in [0.2, 0.25) is 0 Å². The first-order chi connectivity index (χ1) is 6.70. The molecule has 0 aliphatic carbocycles. The summed E-state index contributed by atoms with van der Waals surface area (Å²) in [7, 11) is 1.74. The fourth-order valence-electron chi connectivity index (χ4n) is 1.34. The van der Waals surface area contributed by atoms with Crippen molar-refractivity contribution in [2.45, 2.75) is 0 Å². The monoisotopic (exact) mass is 192 g/mol. The highest BCUT2D eigenvalue weighted by Crippen LogP contribution is 2.29. The summed E-state index contributed by atoms with van der Waals surface area (Å²) in [5.41, 5.74) is 0.139. The minimum atomic E-state index is -0.473. The number of phenolic OH excluding ortho intramolecular Hbond substituents is 1. The number of phenols is 1. The van der Waals surface area contributed by atoms with Gasteiger partial charge in [0.1, 0.15) is 17.4 Å². The van der Waals surface area contributed by atoms with Crippen LogP contribution in [-0.2, 0) is 7.05 Å². The minimum Gasteiger partial charge on any atom is -0.507 e. The number of hydrogen-bond acceptors (Lipinski definition) is 2. The number of imidazole rings is 1. The van der Waals surface area contributed by atoms with Gasteiger partial charge < -0.3 is 9.67 Å². The Labute approximate surface area is 80.5 Å². The summed E-state index contributed by atoms with van der Waals surface area (Å²) in [6.07, 6.45) is 3.25. The normalized spacial score (nSPS) is 10.4. The molecule has 1 N–H and O–H groups in total. The van der Waals surface area contributed by atoms with Crippen molar-refractivity contribution in [3.63, 3.8) is 0 Å². The Hall–Kier alpha value is -1.84. The molecule has 72 valence electrons. The molecule has 0 amide bonds. The average Bonchev–Trinajstić information content (AvgIpc) is 2.52. The van der Waals surface area contributed by atoms with Crippen LogP contribution >= 0.6 is 0 Å². The molecular weight excluding hydrogens is 183 g/mol. The molecule has 0 radical (unpaired) electrons. The minimum absolute atomic E-state index is 0.0979. The highest BCUT2D eigenvalue weighted by Gasteiger charge is 2.13. The number of halogens is 1. The van der Waals surface area contributed by atoms with Crippen molar-refractivity contribution in [3.05, 3.63) is 36.4 Å². The molecule has 2 aromatic rings. The maximum absolute atomic E-state index is 13.4.